The van der Waals surface area contributed by atoms with Gasteiger partial charge in [0.05, 0.1) is 26.5 Å². The number of oxime groups is 1. The zero-order chi connectivity index (χ0) is 14.4. The van der Waals surface area contributed by atoms with Gasteiger partial charge in [-0.05, 0) is 12.1 Å². The predicted octanol–water partition coefficient (Wildman–Crippen LogP) is 1.49. The van der Waals surface area contributed by atoms with Gasteiger partial charge in [-0.2, -0.15) is 9.97 Å². The molecule has 0 radical (unpaired) electrons. The van der Waals surface area contributed by atoms with Crippen LogP contribution in [-0.4, -0.2) is 40.6 Å². The van der Waals surface area contributed by atoms with E-state index in [-0.39, 0.29) is 6.01 Å². The number of methoxy groups -OCH3 is 2. The molecule has 0 saturated carbocycles. The Morgan fingerprint density at radius 2 is 1.90 bits per heavy atom. The van der Waals surface area contributed by atoms with Gasteiger partial charge in [0.15, 0.2) is 5.75 Å². The maximum atomic E-state index is 8.58. The molecule has 0 spiro atoms. The van der Waals surface area contributed by atoms with Gasteiger partial charge < -0.3 is 19.4 Å². The molecule has 0 saturated heterocycles. The van der Waals surface area contributed by atoms with Crippen LogP contribution in [-0.2, 0) is 0 Å². The van der Waals surface area contributed by atoms with Crippen molar-refractivity contribution in [2.24, 2.45) is 5.16 Å². The van der Waals surface area contributed by atoms with Crippen molar-refractivity contribution in [2.75, 3.05) is 14.2 Å². The lowest BCUT2D eigenvalue weighted by Crippen LogP contribution is -2.00. The molecule has 8 nitrogen and oxygen atoms in total. The third kappa shape index (κ3) is 3.10. The zero-order valence-corrected chi connectivity index (χ0v) is 10.8. The van der Waals surface area contributed by atoms with Crippen molar-refractivity contribution >= 4 is 6.21 Å². The third-order valence-electron chi connectivity index (χ3n) is 2.26. The summed E-state index contributed by atoms with van der Waals surface area (Å²) in [5.74, 6) is 0.932. The molecule has 0 aliphatic heterocycles. The lowest BCUT2D eigenvalue weighted by Gasteiger charge is -2.08. The van der Waals surface area contributed by atoms with Crippen LogP contribution in [0, 0.1) is 0 Å². The average molecular weight is 276 g/mol. The molecule has 0 aliphatic rings. The van der Waals surface area contributed by atoms with Crippen molar-refractivity contribution in [1.29, 1.82) is 0 Å². The van der Waals surface area contributed by atoms with Gasteiger partial charge in [0, 0.05) is 6.20 Å². The molecule has 20 heavy (non-hydrogen) atoms. The lowest BCUT2D eigenvalue weighted by atomic mass is 10.3. The first-order valence-corrected chi connectivity index (χ1v) is 5.54. The second-order valence-electron chi connectivity index (χ2n) is 3.47. The zero-order valence-electron chi connectivity index (χ0n) is 10.8. The van der Waals surface area contributed by atoms with E-state index >= 15 is 0 Å². The second kappa shape index (κ2) is 6.32. The SMILES string of the molecule is COc1cc(OC)nc(Oc2cccnc2/C=N/O)n1. The van der Waals surface area contributed by atoms with Crippen LogP contribution in [0.2, 0.25) is 0 Å². The Labute approximate surface area is 114 Å². The molecule has 0 amide bonds. The topological polar surface area (TPSA) is 99.0 Å². The maximum Gasteiger partial charge on any atom is 0.328 e. The molecule has 0 bridgehead atoms. The summed E-state index contributed by atoms with van der Waals surface area (Å²) in [6.45, 7) is 0. The molecule has 8 heteroatoms. The summed E-state index contributed by atoms with van der Waals surface area (Å²) < 4.78 is 15.5. The quantitative estimate of drug-likeness (QED) is 0.501. The van der Waals surface area contributed by atoms with Gasteiger partial charge in [-0.3, -0.25) is 4.98 Å². The molecular formula is C12H12N4O4. The fourth-order valence-corrected chi connectivity index (χ4v) is 1.38. The summed E-state index contributed by atoms with van der Waals surface area (Å²) in [5.41, 5.74) is 0.334. The molecule has 2 aromatic heterocycles. The molecule has 2 heterocycles. The van der Waals surface area contributed by atoms with Gasteiger partial charge >= 0.3 is 6.01 Å². The maximum absolute atomic E-state index is 8.58. The van der Waals surface area contributed by atoms with Gasteiger partial charge in [0.2, 0.25) is 11.8 Å². The summed E-state index contributed by atoms with van der Waals surface area (Å²) in [7, 11) is 2.94. The summed E-state index contributed by atoms with van der Waals surface area (Å²) >= 11 is 0. The first kappa shape index (κ1) is 13.5. The van der Waals surface area contributed by atoms with Crippen LogP contribution in [0.4, 0.5) is 0 Å². The van der Waals surface area contributed by atoms with Crippen molar-refractivity contribution in [3.8, 4) is 23.5 Å². The van der Waals surface area contributed by atoms with E-state index in [1.165, 1.54) is 26.5 Å². The highest BCUT2D eigenvalue weighted by molar-refractivity contribution is 5.80. The van der Waals surface area contributed by atoms with Gasteiger partial charge in [-0.1, -0.05) is 5.16 Å². The number of pyridine rings is 1. The smallest absolute Gasteiger partial charge is 0.328 e. The normalized spacial score (nSPS) is 10.5. The molecule has 2 aromatic rings. The standard InChI is InChI=1S/C12H12N4O4/c1-18-10-6-11(19-2)16-12(15-10)20-9-4-3-5-13-8(9)7-14-17/h3-7,17H,1-2H3/b14-7+. The Bertz CT molecular complexity index is 596. The molecule has 1 N–H and O–H groups in total. The number of ether oxygens (including phenoxy) is 3. The van der Waals surface area contributed by atoms with Gasteiger partial charge in [0.1, 0.15) is 5.69 Å². The Kier molecular flexibility index (Phi) is 4.28. The summed E-state index contributed by atoms with van der Waals surface area (Å²) in [6.07, 6.45) is 2.68. The predicted molar refractivity (Wildman–Crippen MR) is 68.8 cm³/mol. The molecule has 0 fully saturated rings. The molecule has 2 rings (SSSR count). The molecule has 0 atom stereocenters. The third-order valence-corrected chi connectivity index (χ3v) is 2.26. The van der Waals surface area contributed by atoms with Gasteiger partial charge in [0.25, 0.3) is 0 Å². The minimum absolute atomic E-state index is 0.0294. The molecule has 0 aliphatic carbocycles. The summed E-state index contributed by atoms with van der Waals surface area (Å²) in [5, 5.41) is 11.5. The van der Waals surface area contributed by atoms with Crippen LogP contribution in [0.3, 0.4) is 0 Å². The van der Waals surface area contributed by atoms with Crippen LogP contribution in [0.5, 0.6) is 23.5 Å². The second-order valence-corrected chi connectivity index (χ2v) is 3.47. The monoisotopic (exact) mass is 276 g/mol. The Morgan fingerprint density at radius 1 is 1.20 bits per heavy atom. The highest BCUT2D eigenvalue weighted by atomic mass is 16.5. The fourth-order valence-electron chi connectivity index (χ4n) is 1.38. The van der Waals surface area contributed by atoms with Crippen LogP contribution in [0.25, 0.3) is 0 Å². The average Bonchev–Trinajstić information content (AvgIpc) is 2.49. The van der Waals surface area contributed by atoms with Crippen LogP contribution >= 0.6 is 0 Å². The van der Waals surface area contributed by atoms with Crippen molar-refractivity contribution in [3.63, 3.8) is 0 Å². The van der Waals surface area contributed by atoms with E-state index in [0.29, 0.717) is 23.2 Å². The van der Waals surface area contributed by atoms with Crippen molar-refractivity contribution in [3.05, 3.63) is 30.1 Å². The van der Waals surface area contributed by atoms with E-state index in [1.54, 1.807) is 12.1 Å². The van der Waals surface area contributed by atoms with Crippen molar-refractivity contribution < 1.29 is 19.4 Å². The first-order valence-electron chi connectivity index (χ1n) is 5.54. The fraction of sp³-hybridized carbons (Fsp3) is 0.167. The molecular weight excluding hydrogens is 264 g/mol. The van der Waals surface area contributed by atoms with Crippen molar-refractivity contribution in [1.82, 2.24) is 15.0 Å². The number of hydrogen-bond acceptors (Lipinski definition) is 8. The number of hydrogen-bond donors (Lipinski definition) is 1. The molecule has 0 aromatic carbocycles. The molecule has 104 valence electrons. The molecule has 0 unspecified atom stereocenters. The van der Waals surface area contributed by atoms with E-state index in [2.05, 4.69) is 20.1 Å². The summed E-state index contributed by atoms with van der Waals surface area (Å²) in [6, 6.07) is 4.86. The largest absolute Gasteiger partial charge is 0.481 e. The summed E-state index contributed by atoms with van der Waals surface area (Å²) in [4.78, 5) is 12.0. The minimum atomic E-state index is 0.0294. The van der Waals surface area contributed by atoms with Crippen molar-refractivity contribution in [2.45, 2.75) is 0 Å². The Hall–Kier alpha value is -2.90. The highest BCUT2D eigenvalue weighted by Crippen LogP contribution is 2.24. The van der Waals surface area contributed by atoms with Gasteiger partial charge in [-0.15, -0.1) is 0 Å². The van der Waals surface area contributed by atoms with E-state index in [0.717, 1.165) is 6.21 Å². The van der Waals surface area contributed by atoms with E-state index < -0.39 is 0 Å². The lowest BCUT2D eigenvalue weighted by molar-refractivity contribution is 0.321. The van der Waals surface area contributed by atoms with Crippen LogP contribution < -0.4 is 14.2 Å². The first-order chi connectivity index (χ1) is 9.76. The Balaban J connectivity index is 2.34. The highest BCUT2D eigenvalue weighted by Gasteiger charge is 2.10. The van der Waals surface area contributed by atoms with E-state index in [4.69, 9.17) is 19.4 Å². The van der Waals surface area contributed by atoms with Crippen LogP contribution in [0.1, 0.15) is 5.69 Å². The number of nitrogens with zero attached hydrogens (tertiary/aromatic N) is 4. The Morgan fingerprint density at radius 3 is 2.50 bits per heavy atom. The number of aromatic nitrogens is 3. The van der Waals surface area contributed by atoms with E-state index in [9.17, 15) is 0 Å². The minimum Gasteiger partial charge on any atom is -0.481 e. The van der Waals surface area contributed by atoms with Crippen LogP contribution in [0.15, 0.2) is 29.6 Å². The van der Waals surface area contributed by atoms with Gasteiger partial charge in [-0.25, -0.2) is 0 Å². The van der Waals surface area contributed by atoms with E-state index in [1.807, 2.05) is 0 Å². The number of rotatable bonds is 5.